The predicted molar refractivity (Wildman–Crippen MR) is 59.6 cm³/mol. The second-order valence-electron chi connectivity index (χ2n) is 3.87. The maximum atomic E-state index is 12.0. The predicted octanol–water partition coefficient (Wildman–Crippen LogP) is 3.78. The van der Waals surface area contributed by atoms with E-state index in [1.54, 1.807) is 6.07 Å². The molecule has 1 aromatic carbocycles. The topological polar surface area (TPSA) is 35.2 Å². The Morgan fingerprint density at radius 2 is 2.06 bits per heavy atom. The third-order valence-electron chi connectivity index (χ3n) is 2.39. The first-order valence-electron chi connectivity index (χ1n) is 5.53. The molecule has 0 saturated heterocycles. The van der Waals surface area contributed by atoms with Crippen LogP contribution in [0.3, 0.4) is 0 Å². The zero-order valence-electron chi connectivity index (χ0n) is 9.63. The molecule has 17 heavy (non-hydrogen) atoms. The molecule has 0 fully saturated rings. The molecular formula is C12H16F3NO. The summed E-state index contributed by atoms with van der Waals surface area (Å²) in [5.74, 6) is -0.220. The van der Waals surface area contributed by atoms with Crippen LogP contribution >= 0.6 is 0 Å². The van der Waals surface area contributed by atoms with Gasteiger partial charge in [0.25, 0.3) is 0 Å². The standard InChI is InChI=1S/C12H16F3NO/c1-2-3-7-11(16)9-5-4-6-10(8-9)17-12(13,14)15/h4-6,8,11H,2-3,7,16H2,1H3/t11-/m0/s1. The van der Waals surface area contributed by atoms with Gasteiger partial charge in [0.1, 0.15) is 5.75 Å². The minimum atomic E-state index is -4.66. The summed E-state index contributed by atoms with van der Waals surface area (Å²) in [5.41, 5.74) is 6.54. The molecule has 0 bridgehead atoms. The van der Waals surface area contributed by atoms with Gasteiger partial charge in [0.2, 0.25) is 0 Å². The number of hydrogen-bond acceptors (Lipinski definition) is 2. The van der Waals surface area contributed by atoms with Crippen molar-refractivity contribution in [2.24, 2.45) is 5.73 Å². The fraction of sp³-hybridized carbons (Fsp3) is 0.500. The van der Waals surface area contributed by atoms with Gasteiger partial charge in [-0.1, -0.05) is 31.9 Å². The average molecular weight is 247 g/mol. The van der Waals surface area contributed by atoms with Gasteiger partial charge in [-0.2, -0.15) is 0 Å². The van der Waals surface area contributed by atoms with Gasteiger partial charge in [0, 0.05) is 6.04 Å². The van der Waals surface area contributed by atoms with Crippen LogP contribution in [0.15, 0.2) is 24.3 Å². The number of benzene rings is 1. The fourth-order valence-corrected chi connectivity index (χ4v) is 1.53. The number of rotatable bonds is 5. The van der Waals surface area contributed by atoms with E-state index in [-0.39, 0.29) is 11.8 Å². The first-order chi connectivity index (χ1) is 7.92. The largest absolute Gasteiger partial charge is 0.573 e. The summed E-state index contributed by atoms with van der Waals surface area (Å²) in [7, 11) is 0. The third-order valence-corrected chi connectivity index (χ3v) is 2.39. The Balaban J connectivity index is 2.71. The third kappa shape index (κ3) is 5.08. The molecule has 96 valence electrons. The molecular weight excluding hydrogens is 231 g/mol. The van der Waals surface area contributed by atoms with Crippen molar-refractivity contribution in [2.75, 3.05) is 0 Å². The van der Waals surface area contributed by atoms with Gasteiger partial charge < -0.3 is 10.5 Å². The van der Waals surface area contributed by atoms with Crippen molar-refractivity contribution in [1.29, 1.82) is 0 Å². The zero-order valence-corrected chi connectivity index (χ0v) is 9.63. The van der Waals surface area contributed by atoms with E-state index in [1.165, 1.54) is 18.2 Å². The van der Waals surface area contributed by atoms with Crippen molar-refractivity contribution >= 4 is 0 Å². The summed E-state index contributed by atoms with van der Waals surface area (Å²) < 4.78 is 39.9. The highest BCUT2D eigenvalue weighted by atomic mass is 19.4. The molecule has 2 nitrogen and oxygen atoms in total. The van der Waals surface area contributed by atoms with Crippen LogP contribution in [0.25, 0.3) is 0 Å². The Hall–Kier alpha value is -1.23. The first-order valence-corrected chi connectivity index (χ1v) is 5.53. The molecule has 0 aliphatic carbocycles. The van der Waals surface area contributed by atoms with Gasteiger partial charge in [0.05, 0.1) is 0 Å². The second kappa shape index (κ2) is 5.91. The number of halogens is 3. The van der Waals surface area contributed by atoms with Gasteiger partial charge in [-0.05, 0) is 24.1 Å². The van der Waals surface area contributed by atoms with Crippen LogP contribution in [0.1, 0.15) is 37.8 Å². The van der Waals surface area contributed by atoms with Crippen molar-refractivity contribution in [3.8, 4) is 5.75 Å². The summed E-state index contributed by atoms with van der Waals surface area (Å²) in [6, 6.07) is 5.59. The second-order valence-corrected chi connectivity index (χ2v) is 3.87. The van der Waals surface area contributed by atoms with Crippen molar-refractivity contribution < 1.29 is 17.9 Å². The SMILES string of the molecule is CCCC[C@H](N)c1cccc(OC(F)(F)F)c1. The molecule has 0 unspecified atom stereocenters. The summed E-state index contributed by atoms with van der Waals surface area (Å²) in [5, 5.41) is 0. The van der Waals surface area contributed by atoms with Crippen LogP contribution in [0, 0.1) is 0 Å². The molecule has 0 spiro atoms. The van der Waals surface area contributed by atoms with E-state index in [1.807, 2.05) is 6.92 Å². The van der Waals surface area contributed by atoms with Crippen LogP contribution in [0.5, 0.6) is 5.75 Å². The van der Waals surface area contributed by atoms with E-state index in [2.05, 4.69) is 4.74 Å². The number of ether oxygens (including phenoxy) is 1. The summed E-state index contributed by atoms with van der Waals surface area (Å²) in [6.07, 6.45) is -1.95. The monoisotopic (exact) mass is 247 g/mol. The number of alkyl halides is 3. The van der Waals surface area contributed by atoms with Gasteiger partial charge in [-0.15, -0.1) is 13.2 Å². The quantitative estimate of drug-likeness (QED) is 0.859. The lowest BCUT2D eigenvalue weighted by atomic mass is 10.0. The van der Waals surface area contributed by atoms with E-state index < -0.39 is 6.36 Å². The molecule has 0 heterocycles. The average Bonchev–Trinajstić information content (AvgIpc) is 2.24. The fourth-order valence-electron chi connectivity index (χ4n) is 1.53. The van der Waals surface area contributed by atoms with Crippen LogP contribution < -0.4 is 10.5 Å². The molecule has 0 aliphatic rings. The summed E-state index contributed by atoms with van der Waals surface area (Å²) in [4.78, 5) is 0. The van der Waals surface area contributed by atoms with Crippen LogP contribution in [-0.4, -0.2) is 6.36 Å². The molecule has 0 saturated carbocycles. The van der Waals surface area contributed by atoms with Crippen LogP contribution in [0.4, 0.5) is 13.2 Å². The molecule has 1 rings (SSSR count). The molecule has 0 amide bonds. The zero-order chi connectivity index (χ0) is 12.9. The Labute approximate surface area is 98.6 Å². The molecule has 0 aromatic heterocycles. The van der Waals surface area contributed by atoms with E-state index in [4.69, 9.17) is 5.73 Å². The van der Waals surface area contributed by atoms with Gasteiger partial charge >= 0.3 is 6.36 Å². The highest BCUT2D eigenvalue weighted by Crippen LogP contribution is 2.26. The van der Waals surface area contributed by atoms with E-state index >= 15 is 0 Å². The molecule has 5 heteroatoms. The van der Waals surface area contributed by atoms with Crippen LogP contribution in [-0.2, 0) is 0 Å². The molecule has 1 atom stereocenters. The smallest absolute Gasteiger partial charge is 0.406 e. The Morgan fingerprint density at radius 1 is 1.35 bits per heavy atom. The summed E-state index contributed by atoms with van der Waals surface area (Å²) in [6.45, 7) is 2.04. The number of nitrogens with two attached hydrogens (primary N) is 1. The molecule has 0 aliphatic heterocycles. The Kier molecular flexibility index (Phi) is 4.81. The molecule has 0 radical (unpaired) electrons. The van der Waals surface area contributed by atoms with Crippen LogP contribution in [0.2, 0.25) is 0 Å². The molecule has 2 N–H and O–H groups in total. The highest BCUT2D eigenvalue weighted by molar-refractivity contribution is 5.30. The van der Waals surface area contributed by atoms with Gasteiger partial charge in [-0.3, -0.25) is 0 Å². The number of hydrogen-bond donors (Lipinski definition) is 1. The number of unbranched alkanes of at least 4 members (excludes halogenated alkanes) is 1. The Morgan fingerprint density at radius 3 is 2.65 bits per heavy atom. The van der Waals surface area contributed by atoms with Crippen molar-refractivity contribution in [3.05, 3.63) is 29.8 Å². The maximum Gasteiger partial charge on any atom is 0.573 e. The highest BCUT2D eigenvalue weighted by Gasteiger charge is 2.31. The van der Waals surface area contributed by atoms with Crippen molar-refractivity contribution in [2.45, 2.75) is 38.6 Å². The van der Waals surface area contributed by atoms with Gasteiger partial charge in [-0.25, -0.2) is 0 Å². The lowest BCUT2D eigenvalue weighted by molar-refractivity contribution is -0.274. The minimum absolute atomic E-state index is 0.220. The lowest BCUT2D eigenvalue weighted by Gasteiger charge is -2.14. The van der Waals surface area contributed by atoms with E-state index in [0.717, 1.165) is 19.3 Å². The lowest BCUT2D eigenvalue weighted by Crippen LogP contribution is -2.17. The first kappa shape index (κ1) is 13.8. The van der Waals surface area contributed by atoms with Crippen molar-refractivity contribution in [1.82, 2.24) is 0 Å². The van der Waals surface area contributed by atoms with E-state index in [9.17, 15) is 13.2 Å². The minimum Gasteiger partial charge on any atom is -0.406 e. The Bertz CT molecular complexity index is 352. The maximum absolute atomic E-state index is 12.0. The van der Waals surface area contributed by atoms with Crippen molar-refractivity contribution in [3.63, 3.8) is 0 Å². The normalized spacial score (nSPS) is 13.5. The molecule has 1 aromatic rings. The van der Waals surface area contributed by atoms with E-state index in [0.29, 0.717) is 5.56 Å². The van der Waals surface area contributed by atoms with Gasteiger partial charge in [0.15, 0.2) is 0 Å². The summed E-state index contributed by atoms with van der Waals surface area (Å²) >= 11 is 0.